The number of amides is 1. The van der Waals surface area contributed by atoms with Gasteiger partial charge in [-0.3, -0.25) is 4.79 Å². The summed E-state index contributed by atoms with van der Waals surface area (Å²) >= 11 is 0. The van der Waals surface area contributed by atoms with Crippen molar-refractivity contribution >= 4 is 5.91 Å². The molecule has 1 fully saturated rings. The first-order chi connectivity index (χ1) is 11.2. The Balaban J connectivity index is 1.50. The summed E-state index contributed by atoms with van der Waals surface area (Å²) in [6.07, 6.45) is 1.61. The van der Waals surface area contributed by atoms with Gasteiger partial charge in [-0.25, -0.2) is 4.39 Å². The van der Waals surface area contributed by atoms with Crippen molar-refractivity contribution in [2.24, 2.45) is 0 Å². The van der Waals surface area contributed by atoms with Crippen molar-refractivity contribution in [3.63, 3.8) is 0 Å². The number of carbonyl (C=O) groups excluding carboxylic acids is 1. The van der Waals surface area contributed by atoms with E-state index >= 15 is 0 Å². The van der Waals surface area contributed by atoms with Gasteiger partial charge in [0.15, 0.2) is 0 Å². The van der Waals surface area contributed by atoms with Crippen LogP contribution in [0.25, 0.3) is 0 Å². The van der Waals surface area contributed by atoms with Gasteiger partial charge in [0.25, 0.3) is 5.91 Å². The molecular weight excluding hydrogens is 293 g/mol. The number of rotatable bonds is 1. The summed E-state index contributed by atoms with van der Waals surface area (Å²) in [5.41, 5.74) is 2.82. The standard InChI is InChI=1S/C19H18FNO2/c20-16-7-5-14(6-8-16)18(22)21-11-9-19(10-12-21)17-4-2-1-3-15(17)13-23-19/h1-8H,9-13H2. The van der Waals surface area contributed by atoms with Crippen LogP contribution < -0.4 is 0 Å². The van der Waals surface area contributed by atoms with Gasteiger partial charge < -0.3 is 9.64 Å². The highest BCUT2D eigenvalue weighted by atomic mass is 19.1. The first-order valence-corrected chi connectivity index (χ1v) is 7.95. The van der Waals surface area contributed by atoms with Crippen molar-refractivity contribution in [2.45, 2.75) is 25.0 Å². The molecule has 1 saturated heterocycles. The molecule has 2 aliphatic heterocycles. The van der Waals surface area contributed by atoms with Crippen LogP contribution in [0.15, 0.2) is 48.5 Å². The number of nitrogens with zero attached hydrogens (tertiary/aromatic N) is 1. The highest BCUT2D eigenvalue weighted by Crippen LogP contribution is 2.44. The Bertz CT molecular complexity index is 733. The number of halogens is 1. The maximum absolute atomic E-state index is 13.0. The average molecular weight is 311 g/mol. The Morgan fingerprint density at radius 2 is 1.74 bits per heavy atom. The second-order valence-electron chi connectivity index (χ2n) is 6.24. The van der Waals surface area contributed by atoms with Crippen LogP contribution in [0.1, 0.15) is 34.3 Å². The lowest BCUT2D eigenvalue weighted by molar-refractivity contribution is -0.0741. The lowest BCUT2D eigenvalue weighted by atomic mass is 9.83. The van der Waals surface area contributed by atoms with Gasteiger partial charge in [0.1, 0.15) is 5.82 Å². The van der Waals surface area contributed by atoms with Gasteiger partial charge in [-0.1, -0.05) is 24.3 Å². The minimum atomic E-state index is -0.324. The normalized spacial score (nSPS) is 18.9. The van der Waals surface area contributed by atoms with Gasteiger partial charge in [-0.2, -0.15) is 0 Å². The number of hydrogen-bond donors (Lipinski definition) is 0. The molecule has 4 heteroatoms. The van der Waals surface area contributed by atoms with E-state index in [1.54, 1.807) is 12.1 Å². The largest absolute Gasteiger partial charge is 0.365 e. The molecule has 1 amide bonds. The van der Waals surface area contributed by atoms with E-state index in [0.29, 0.717) is 25.3 Å². The summed E-state index contributed by atoms with van der Waals surface area (Å²) in [7, 11) is 0. The van der Waals surface area contributed by atoms with Gasteiger partial charge >= 0.3 is 0 Å². The predicted molar refractivity (Wildman–Crippen MR) is 84.4 cm³/mol. The molecule has 2 heterocycles. The van der Waals surface area contributed by atoms with E-state index in [2.05, 4.69) is 12.1 Å². The third-order valence-corrected chi connectivity index (χ3v) is 4.96. The predicted octanol–water partition coefficient (Wildman–Crippen LogP) is 3.49. The van der Waals surface area contributed by atoms with E-state index in [9.17, 15) is 9.18 Å². The fraction of sp³-hybridized carbons (Fsp3) is 0.316. The molecule has 2 aromatic rings. The van der Waals surface area contributed by atoms with E-state index in [-0.39, 0.29) is 17.3 Å². The zero-order chi connectivity index (χ0) is 15.9. The molecule has 0 unspecified atom stereocenters. The minimum absolute atomic E-state index is 0.0360. The fourth-order valence-corrected chi connectivity index (χ4v) is 3.64. The van der Waals surface area contributed by atoms with Crippen molar-refractivity contribution in [1.29, 1.82) is 0 Å². The number of likely N-dealkylation sites (tertiary alicyclic amines) is 1. The number of fused-ring (bicyclic) bond motifs is 2. The van der Waals surface area contributed by atoms with Crippen molar-refractivity contribution in [3.05, 3.63) is 71.0 Å². The van der Waals surface area contributed by atoms with E-state index in [4.69, 9.17) is 4.74 Å². The first kappa shape index (κ1) is 14.4. The van der Waals surface area contributed by atoms with Crippen LogP contribution in [0.3, 0.4) is 0 Å². The Morgan fingerprint density at radius 3 is 2.48 bits per heavy atom. The molecule has 0 atom stereocenters. The van der Waals surface area contributed by atoms with E-state index in [0.717, 1.165) is 12.8 Å². The Hall–Kier alpha value is -2.20. The molecule has 0 aliphatic carbocycles. The summed E-state index contributed by atoms with van der Waals surface area (Å²) in [5, 5.41) is 0. The van der Waals surface area contributed by atoms with E-state index in [1.165, 1.54) is 23.3 Å². The second kappa shape index (κ2) is 5.46. The monoisotopic (exact) mass is 311 g/mol. The highest BCUT2D eigenvalue weighted by molar-refractivity contribution is 5.94. The van der Waals surface area contributed by atoms with Crippen LogP contribution in [0.4, 0.5) is 4.39 Å². The lowest BCUT2D eigenvalue weighted by Crippen LogP contribution is -2.45. The molecule has 0 aromatic heterocycles. The van der Waals surface area contributed by atoms with E-state index < -0.39 is 0 Å². The third kappa shape index (κ3) is 2.43. The average Bonchev–Trinajstić information content (AvgIpc) is 2.95. The molecule has 4 rings (SSSR count). The molecule has 118 valence electrons. The topological polar surface area (TPSA) is 29.5 Å². The van der Waals surface area contributed by atoms with Crippen LogP contribution in [0.5, 0.6) is 0 Å². The molecule has 2 aliphatic rings. The van der Waals surface area contributed by atoms with Crippen molar-refractivity contribution < 1.29 is 13.9 Å². The van der Waals surface area contributed by atoms with E-state index in [1.807, 2.05) is 17.0 Å². The van der Waals surface area contributed by atoms with Gasteiger partial charge in [0.05, 0.1) is 12.2 Å². The van der Waals surface area contributed by atoms with Gasteiger partial charge in [0, 0.05) is 18.7 Å². The zero-order valence-corrected chi connectivity index (χ0v) is 12.8. The van der Waals surface area contributed by atoms with Crippen LogP contribution in [-0.4, -0.2) is 23.9 Å². The number of piperidine rings is 1. The van der Waals surface area contributed by atoms with Crippen LogP contribution in [-0.2, 0) is 16.9 Å². The minimum Gasteiger partial charge on any atom is -0.365 e. The van der Waals surface area contributed by atoms with Crippen molar-refractivity contribution in [3.8, 4) is 0 Å². The number of ether oxygens (including phenoxy) is 1. The second-order valence-corrected chi connectivity index (χ2v) is 6.24. The Labute approximate surface area is 134 Å². The van der Waals surface area contributed by atoms with Crippen molar-refractivity contribution in [2.75, 3.05) is 13.1 Å². The number of benzene rings is 2. The molecule has 0 saturated carbocycles. The summed E-state index contributed by atoms with van der Waals surface area (Å²) in [6, 6.07) is 14.1. The number of carbonyl (C=O) groups is 1. The maximum Gasteiger partial charge on any atom is 0.253 e. The Morgan fingerprint density at radius 1 is 1.04 bits per heavy atom. The molecular formula is C19H18FNO2. The summed E-state index contributed by atoms with van der Waals surface area (Å²) in [5.74, 6) is -0.360. The smallest absolute Gasteiger partial charge is 0.253 e. The molecule has 23 heavy (non-hydrogen) atoms. The quantitative estimate of drug-likeness (QED) is 0.807. The summed E-state index contributed by atoms with van der Waals surface area (Å²) < 4.78 is 19.1. The van der Waals surface area contributed by atoms with Gasteiger partial charge in [0.2, 0.25) is 0 Å². The Kier molecular flexibility index (Phi) is 3.42. The summed E-state index contributed by atoms with van der Waals surface area (Å²) in [4.78, 5) is 14.4. The van der Waals surface area contributed by atoms with Crippen molar-refractivity contribution in [1.82, 2.24) is 4.90 Å². The third-order valence-electron chi connectivity index (χ3n) is 4.96. The number of hydrogen-bond acceptors (Lipinski definition) is 2. The summed E-state index contributed by atoms with van der Waals surface area (Å²) in [6.45, 7) is 1.97. The van der Waals surface area contributed by atoms with Gasteiger partial charge in [-0.15, -0.1) is 0 Å². The molecule has 0 radical (unpaired) electrons. The molecule has 3 nitrogen and oxygen atoms in total. The van der Waals surface area contributed by atoms with Crippen LogP contribution >= 0.6 is 0 Å². The van der Waals surface area contributed by atoms with Crippen LogP contribution in [0.2, 0.25) is 0 Å². The maximum atomic E-state index is 13.0. The molecule has 1 spiro atoms. The molecule has 0 bridgehead atoms. The van der Waals surface area contributed by atoms with Crippen LogP contribution in [0, 0.1) is 5.82 Å². The fourth-order valence-electron chi connectivity index (χ4n) is 3.64. The van der Waals surface area contributed by atoms with Gasteiger partial charge in [-0.05, 0) is 48.2 Å². The SMILES string of the molecule is O=C(c1ccc(F)cc1)N1CCC2(CC1)OCc1ccccc12. The first-order valence-electron chi connectivity index (χ1n) is 7.95. The zero-order valence-electron chi connectivity index (χ0n) is 12.8. The lowest BCUT2D eigenvalue weighted by Gasteiger charge is -2.39. The molecule has 2 aromatic carbocycles. The highest BCUT2D eigenvalue weighted by Gasteiger charge is 2.43. The molecule has 0 N–H and O–H groups in total.